The summed E-state index contributed by atoms with van der Waals surface area (Å²) in [5.74, 6) is 0.213. The van der Waals surface area contributed by atoms with Gasteiger partial charge in [0.25, 0.3) is 0 Å². The molecule has 0 bridgehead atoms. The highest BCUT2D eigenvalue weighted by Gasteiger charge is 2.18. The summed E-state index contributed by atoms with van der Waals surface area (Å²) in [4.78, 5) is 16.1. The van der Waals surface area contributed by atoms with Gasteiger partial charge < -0.3 is 10.2 Å². The van der Waals surface area contributed by atoms with Crippen LogP contribution < -0.4 is 5.32 Å². The molecule has 1 aliphatic heterocycles. The molecule has 7 heteroatoms. The summed E-state index contributed by atoms with van der Waals surface area (Å²) in [6, 6.07) is 0. The van der Waals surface area contributed by atoms with Crippen LogP contribution in [0.4, 0.5) is 0 Å². The summed E-state index contributed by atoms with van der Waals surface area (Å²) in [6.45, 7) is 6.71. The zero-order chi connectivity index (χ0) is 13.8. The normalized spacial score (nSPS) is 15.3. The molecule has 114 valence electrons. The molecule has 1 amide bonds. The van der Waals surface area contributed by atoms with Crippen LogP contribution in [-0.2, 0) is 18.4 Å². The highest BCUT2D eigenvalue weighted by atomic mass is 35.5. The van der Waals surface area contributed by atoms with Crippen molar-refractivity contribution in [2.45, 2.75) is 13.5 Å². The number of carbonyl (C=O) groups is 1. The van der Waals surface area contributed by atoms with Gasteiger partial charge in [0.05, 0.1) is 12.7 Å². The number of nitrogens with zero attached hydrogens (tertiary/aromatic N) is 4. The van der Waals surface area contributed by atoms with Crippen molar-refractivity contribution in [1.29, 1.82) is 0 Å². The lowest BCUT2D eigenvalue weighted by atomic mass is 10.2. The quantitative estimate of drug-likeness (QED) is 0.851. The maximum atomic E-state index is 12.1. The molecule has 1 aromatic heterocycles. The summed E-state index contributed by atoms with van der Waals surface area (Å²) in [6.07, 6.45) is 1.88. The van der Waals surface area contributed by atoms with Gasteiger partial charge in [-0.15, -0.1) is 12.4 Å². The highest BCUT2D eigenvalue weighted by Crippen LogP contribution is 2.08. The predicted octanol–water partition coefficient (Wildman–Crippen LogP) is 0.0139. The number of carbonyl (C=O) groups excluding carboxylic acids is 1. The van der Waals surface area contributed by atoms with E-state index in [9.17, 15) is 4.79 Å². The molecule has 0 saturated carbocycles. The van der Waals surface area contributed by atoms with Crippen molar-refractivity contribution in [2.75, 3.05) is 39.8 Å². The van der Waals surface area contributed by atoms with Crippen LogP contribution >= 0.6 is 12.4 Å². The molecular formula is C13H24ClN5O. The minimum Gasteiger partial charge on any atom is -0.339 e. The van der Waals surface area contributed by atoms with Crippen LogP contribution in [0.2, 0.25) is 0 Å². The number of amides is 1. The Hall–Kier alpha value is -1.11. The molecule has 0 unspecified atom stereocenters. The van der Waals surface area contributed by atoms with Gasteiger partial charge in [-0.3, -0.25) is 14.4 Å². The van der Waals surface area contributed by atoms with Gasteiger partial charge in [-0.1, -0.05) is 0 Å². The Morgan fingerprint density at radius 3 is 2.65 bits per heavy atom. The summed E-state index contributed by atoms with van der Waals surface area (Å²) >= 11 is 0. The number of nitrogens with one attached hydrogen (secondary N) is 1. The molecule has 0 spiro atoms. The standard InChI is InChI=1S/C13H23N5O.ClH/c1-11-12(8-15-17(11)3)9-16(2)10-13(19)18-6-4-14-5-7-18;/h8,14H,4-7,9-10H2,1-3H3;1H. The average Bonchev–Trinajstić information content (AvgIpc) is 2.71. The third kappa shape index (κ3) is 4.19. The van der Waals surface area contributed by atoms with E-state index >= 15 is 0 Å². The molecule has 0 atom stereocenters. The molecule has 0 aliphatic carbocycles. The van der Waals surface area contributed by atoms with E-state index < -0.39 is 0 Å². The largest absolute Gasteiger partial charge is 0.339 e. The fraction of sp³-hybridized carbons (Fsp3) is 0.692. The zero-order valence-corrected chi connectivity index (χ0v) is 13.2. The fourth-order valence-corrected chi connectivity index (χ4v) is 2.29. The summed E-state index contributed by atoms with van der Waals surface area (Å²) in [7, 11) is 3.91. The van der Waals surface area contributed by atoms with Crippen LogP contribution in [0.15, 0.2) is 6.20 Å². The smallest absolute Gasteiger partial charge is 0.236 e. The van der Waals surface area contributed by atoms with Gasteiger partial charge in [0, 0.05) is 51.0 Å². The van der Waals surface area contributed by atoms with E-state index in [2.05, 4.69) is 10.4 Å². The minimum atomic E-state index is 0. The van der Waals surface area contributed by atoms with Crippen molar-refractivity contribution in [3.05, 3.63) is 17.5 Å². The van der Waals surface area contributed by atoms with Gasteiger partial charge in [-0.05, 0) is 14.0 Å². The number of rotatable bonds is 4. The number of hydrogen-bond acceptors (Lipinski definition) is 4. The maximum absolute atomic E-state index is 12.1. The van der Waals surface area contributed by atoms with Gasteiger partial charge in [-0.2, -0.15) is 5.10 Å². The van der Waals surface area contributed by atoms with Crippen molar-refractivity contribution < 1.29 is 4.79 Å². The SMILES string of the molecule is Cc1c(CN(C)CC(=O)N2CCNCC2)cnn1C.Cl. The number of likely N-dealkylation sites (N-methyl/N-ethyl adjacent to an activating group) is 1. The van der Waals surface area contributed by atoms with E-state index in [1.807, 2.05) is 41.7 Å². The Bertz CT molecular complexity index is 442. The first-order chi connectivity index (χ1) is 9.08. The minimum absolute atomic E-state index is 0. The number of halogens is 1. The van der Waals surface area contributed by atoms with Gasteiger partial charge in [-0.25, -0.2) is 0 Å². The zero-order valence-electron chi connectivity index (χ0n) is 12.4. The lowest BCUT2D eigenvalue weighted by Crippen LogP contribution is -2.49. The predicted molar refractivity (Wildman–Crippen MR) is 81.0 cm³/mol. The first kappa shape index (κ1) is 16.9. The van der Waals surface area contributed by atoms with E-state index in [0.717, 1.165) is 38.4 Å². The third-order valence-electron chi connectivity index (χ3n) is 3.65. The van der Waals surface area contributed by atoms with E-state index in [1.165, 1.54) is 5.56 Å². The van der Waals surface area contributed by atoms with Crippen LogP contribution in [0.3, 0.4) is 0 Å². The lowest BCUT2D eigenvalue weighted by Gasteiger charge is -2.29. The summed E-state index contributed by atoms with van der Waals surface area (Å²) in [5.41, 5.74) is 2.33. The molecular weight excluding hydrogens is 278 g/mol. The number of piperazine rings is 1. The Balaban J connectivity index is 0.00000200. The molecule has 1 N–H and O–H groups in total. The monoisotopic (exact) mass is 301 g/mol. The molecule has 0 radical (unpaired) electrons. The fourth-order valence-electron chi connectivity index (χ4n) is 2.29. The van der Waals surface area contributed by atoms with Crippen molar-refractivity contribution in [3.8, 4) is 0 Å². The molecule has 1 fully saturated rings. The number of aromatic nitrogens is 2. The topological polar surface area (TPSA) is 53.4 Å². The van der Waals surface area contributed by atoms with Crippen molar-refractivity contribution >= 4 is 18.3 Å². The molecule has 6 nitrogen and oxygen atoms in total. The van der Waals surface area contributed by atoms with Gasteiger partial charge >= 0.3 is 0 Å². The summed E-state index contributed by atoms with van der Waals surface area (Å²) < 4.78 is 1.86. The van der Waals surface area contributed by atoms with Crippen molar-refractivity contribution in [3.63, 3.8) is 0 Å². The van der Waals surface area contributed by atoms with Crippen LogP contribution in [0.1, 0.15) is 11.3 Å². The average molecular weight is 302 g/mol. The van der Waals surface area contributed by atoms with Crippen molar-refractivity contribution in [1.82, 2.24) is 24.9 Å². The van der Waals surface area contributed by atoms with E-state index in [-0.39, 0.29) is 18.3 Å². The van der Waals surface area contributed by atoms with Crippen LogP contribution in [0, 0.1) is 6.92 Å². The Labute approximate surface area is 126 Å². The third-order valence-corrected chi connectivity index (χ3v) is 3.65. The summed E-state index contributed by atoms with van der Waals surface area (Å²) in [5, 5.41) is 7.48. The molecule has 1 aliphatic rings. The van der Waals surface area contributed by atoms with E-state index in [4.69, 9.17) is 0 Å². The first-order valence-corrected chi connectivity index (χ1v) is 6.72. The van der Waals surface area contributed by atoms with E-state index in [1.54, 1.807) is 0 Å². The van der Waals surface area contributed by atoms with Gasteiger partial charge in [0.1, 0.15) is 0 Å². The molecule has 2 heterocycles. The number of hydrogen-bond donors (Lipinski definition) is 1. The van der Waals surface area contributed by atoms with Gasteiger partial charge in [0.15, 0.2) is 0 Å². The Kier molecular flexibility index (Phi) is 6.45. The highest BCUT2D eigenvalue weighted by molar-refractivity contribution is 5.85. The Morgan fingerprint density at radius 2 is 2.10 bits per heavy atom. The number of aryl methyl sites for hydroxylation is 1. The van der Waals surface area contributed by atoms with E-state index in [0.29, 0.717) is 6.54 Å². The Morgan fingerprint density at radius 1 is 1.45 bits per heavy atom. The second-order valence-electron chi connectivity index (χ2n) is 5.18. The van der Waals surface area contributed by atoms with Gasteiger partial charge in [0.2, 0.25) is 5.91 Å². The molecule has 20 heavy (non-hydrogen) atoms. The lowest BCUT2D eigenvalue weighted by molar-refractivity contribution is -0.132. The van der Waals surface area contributed by atoms with Crippen molar-refractivity contribution in [2.24, 2.45) is 7.05 Å². The molecule has 0 aromatic carbocycles. The first-order valence-electron chi connectivity index (χ1n) is 6.72. The molecule has 2 rings (SSSR count). The molecule has 1 aromatic rings. The van der Waals surface area contributed by atoms with Crippen LogP contribution in [0.25, 0.3) is 0 Å². The maximum Gasteiger partial charge on any atom is 0.236 e. The van der Waals surface area contributed by atoms with Crippen LogP contribution in [0.5, 0.6) is 0 Å². The second kappa shape index (κ2) is 7.61. The molecule has 1 saturated heterocycles. The second-order valence-corrected chi connectivity index (χ2v) is 5.18. The van der Waals surface area contributed by atoms with Crippen LogP contribution in [-0.4, -0.2) is 65.3 Å².